The van der Waals surface area contributed by atoms with Crippen molar-refractivity contribution in [1.29, 1.82) is 0 Å². The highest BCUT2D eigenvalue weighted by Crippen LogP contribution is 2.36. The average molecular weight is 650 g/mol. The van der Waals surface area contributed by atoms with E-state index in [-0.39, 0.29) is 42.4 Å². The Hall–Kier alpha value is -4.50. The lowest BCUT2D eigenvalue weighted by Gasteiger charge is -2.41. The molecule has 254 valence electrons. The van der Waals surface area contributed by atoms with Crippen molar-refractivity contribution in [3.8, 4) is 0 Å². The number of amides is 4. The highest BCUT2D eigenvalue weighted by Gasteiger charge is 2.44. The van der Waals surface area contributed by atoms with Crippen LogP contribution in [0.1, 0.15) is 81.6 Å². The molecule has 1 aromatic carbocycles. The average Bonchev–Trinajstić information content (AvgIpc) is 3.69. The Balaban J connectivity index is 1.17. The minimum atomic E-state index is -0.660. The van der Waals surface area contributed by atoms with Crippen molar-refractivity contribution in [1.82, 2.24) is 46.2 Å². The molecule has 3 fully saturated rings. The van der Waals surface area contributed by atoms with E-state index in [1.165, 1.54) is 0 Å². The van der Waals surface area contributed by atoms with E-state index in [0.29, 0.717) is 30.6 Å². The molecular weight excluding hydrogens is 602 g/mol. The second-order valence-electron chi connectivity index (χ2n) is 12.7. The first kappa shape index (κ1) is 33.9. The number of hydrogen-bond acceptors (Lipinski definition) is 10. The molecule has 1 saturated carbocycles. The first-order valence-corrected chi connectivity index (χ1v) is 16.4. The van der Waals surface area contributed by atoms with E-state index in [4.69, 9.17) is 11.6 Å². The van der Waals surface area contributed by atoms with Gasteiger partial charge in [0.05, 0.1) is 36.9 Å². The Kier molecular flexibility index (Phi) is 11.1. The summed E-state index contributed by atoms with van der Waals surface area (Å²) in [4.78, 5) is 52.6. The van der Waals surface area contributed by atoms with E-state index in [1.807, 2.05) is 36.5 Å². The Labute approximate surface area is 274 Å². The SMILES string of the molecule is CN[C@@H](C)C(=O)NC1CCCCC2CCC(C(=O)NC/C(N)=C/N(N)C3CCC3n3cc(C(NC=O)c4ccccc4)nn3)N2C1=O. The van der Waals surface area contributed by atoms with E-state index in [2.05, 4.69) is 31.6 Å². The largest absolute Gasteiger partial charge is 0.399 e. The Morgan fingerprint density at radius 1 is 1.11 bits per heavy atom. The van der Waals surface area contributed by atoms with Crippen LogP contribution >= 0.6 is 0 Å². The second kappa shape index (κ2) is 15.4. The number of rotatable bonds is 13. The van der Waals surface area contributed by atoms with Gasteiger partial charge in [-0.15, -0.1) is 5.10 Å². The van der Waals surface area contributed by atoms with Crippen molar-refractivity contribution in [2.24, 2.45) is 11.6 Å². The van der Waals surface area contributed by atoms with Crippen LogP contribution in [0.15, 0.2) is 48.4 Å². The number of hydrogen-bond donors (Lipinski definition) is 6. The molecule has 2 aliphatic heterocycles. The number of nitrogens with two attached hydrogens (primary N) is 2. The maximum atomic E-state index is 13.7. The van der Waals surface area contributed by atoms with Crippen molar-refractivity contribution in [3.63, 3.8) is 0 Å². The maximum absolute atomic E-state index is 13.7. The molecule has 4 amide bonds. The first-order chi connectivity index (χ1) is 22.7. The minimum Gasteiger partial charge on any atom is -0.399 e. The molecule has 8 N–H and O–H groups in total. The third-order valence-corrected chi connectivity index (χ3v) is 9.68. The zero-order valence-corrected chi connectivity index (χ0v) is 27.0. The van der Waals surface area contributed by atoms with Gasteiger partial charge >= 0.3 is 0 Å². The summed E-state index contributed by atoms with van der Waals surface area (Å²) >= 11 is 0. The van der Waals surface area contributed by atoms with Gasteiger partial charge in [-0.25, -0.2) is 10.5 Å². The van der Waals surface area contributed by atoms with Gasteiger partial charge in [-0.1, -0.05) is 48.4 Å². The summed E-state index contributed by atoms with van der Waals surface area (Å²) < 4.78 is 1.77. The summed E-state index contributed by atoms with van der Waals surface area (Å²) in [5.74, 6) is 5.70. The van der Waals surface area contributed by atoms with Gasteiger partial charge in [0.15, 0.2) is 0 Å². The minimum absolute atomic E-state index is 0.0304. The second-order valence-corrected chi connectivity index (χ2v) is 12.7. The zero-order chi connectivity index (χ0) is 33.5. The van der Waals surface area contributed by atoms with Gasteiger partial charge in [0, 0.05) is 17.9 Å². The molecule has 47 heavy (non-hydrogen) atoms. The molecule has 0 radical (unpaired) electrons. The number of likely N-dealkylation sites (N-methyl/N-ethyl adjacent to an activating group) is 1. The fourth-order valence-corrected chi connectivity index (χ4v) is 6.76. The highest BCUT2D eigenvalue weighted by atomic mass is 16.2. The Morgan fingerprint density at radius 3 is 2.57 bits per heavy atom. The van der Waals surface area contributed by atoms with Crippen molar-refractivity contribution in [2.45, 2.75) is 101 Å². The fourth-order valence-electron chi connectivity index (χ4n) is 6.76. The van der Waals surface area contributed by atoms with Gasteiger partial charge in [0.1, 0.15) is 17.8 Å². The summed E-state index contributed by atoms with van der Waals surface area (Å²) in [7, 11) is 1.69. The van der Waals surface area contributed by atoms with Crippen LogP contribution in [-0.2, 0) is 19.2 Å². The zero-order valence-electron chi connectivity index (χ0n) is 27.0. The molecule has 1 aromatic heterocycles. The molecule has 5 rings (SSSR count). The quantitative estimate of drug-likeness (QED) is 0.0968. The topological polar surface area (TPSA) is 206 Å². The van der Waals surface area contributed by atoms with Crippen molar-refractivity contribution >= 4 is 24.1 Å². The molecule has 3 aliphatic rings. The molecule has 6 unspecified atom stereocenters. The molecule has 0 spiro atoms. The smallest absolute Gasteiger partial charge is 0.246 e. The van der Waals surface area contributed by atoms with E-state index in [0.717, 1.165) is 44.1 Å². The van der Waals surface area contributed by atoms with Crippen LogP contribution < -0.4 is 32.8 Å². The normalized spacial score (nSPS) is 25.8. The molecular formula is C32H47N11O4. The predicted molar refractivity (Wildman–Crippen MR) is 173 cm³/mol. The standard InChI is InChI=1S/C32H47N11O4/c1-20(35-2)30(45)38-24-11-7-6-10-23-12-13-28(43(23)32(24)47)31(46)36-16-22(33)17-41(34)26-14-15-27(26)42-18-25(39-40-42)29(37-19-44)21-8-4-3-5-9-21/h3-5,8-9,17-20,23-24,26-29,35H,6-7,10-16,33-34H2,1-2H3,(H,36,46)(H,37,44)(H,38,45)/b22-17-/t20-,23?,24?,26?,27?,28?,29?/m0/s1. The van der Waals surface area contributed by atoms with E-state index >= 15 is 0 Å². The molecule has 2 aromatic rings. The summed E-state index contributed by atoms with van der Waals surface area (Å²) in [5.41, 5.74) is 8.18. The molecule has 0 bridgehead atoms. The van der Waals surface area contributed by atoms with Crippen LogP contribution in [0.3, 0.4) is 0 Å². The van der Waals surface area contributed by atoms with E-state index < -0.39 is 24.2 Å². The molecule has 15 heteroatoms. The summed E-state index contributed by atoms with van der Waals surface area (Å²) in [6, 6.07) is 7.22. The lowest BCUT2D eigenvalue weighted by molar-refractivity contribution is -0.144. The highest BCUT2D eigenvalue weighted by molar-refractivity contribution is 5.93. The lowest BCUT2D eigenvalue weighted by Crippen LogP contribution is -2.58. The molecule has 2 saturated heterocycles. The van der Waals surface area contributed by atoms with E-state index in [9.17, 15) is 19.2 Å². The van der Waals surface area contributed by atoms with Gasteiger partial charge in [-0.2, -0.15) is 0 Å². The Bertz CT molecular complexity index is 1430. The van der Waals surface area contributed by atoms with E-state index in [1.54, 1.807) is 34.8 Å². The number of aromatic nitrogens is 3. The number of hydrazine groups is 1. The number of benzene rings is 1. The third kappa shape index (κ3) is 7.73. The van der Waals surface area contributed by atoms with Crippen LogP contribution in [0.25, 0.3) is 0 Å². The number of carbonyl (C=O) groups excluding carboxylic acids is 4. The number of fused-ring (bicyclic) bond motifs is 1. The van der Waals surface area contributed by atoms with Gasteiger partial charge in [-0.3, -0.25) is 19.2 Å². The molecule has 15 nitrogen and oxygen atoms in total. The van der Waals surface area contributed by atoms with Crippen LogP contribution in [0, 0.1) is 0 Å². The van der Waals surface area contributed by atoms with Crippen molar-refractivity contribution < 1.29 is 19.2 Å². The number of nitrogens with one attached hydrogen (secondary N) is 4. The molecule has 3 heterocycles. The molecule has 7 atom stereocenters. The van der Waals surface area contributed by atoms with Crippen LogP contribution in [0.2, 0.25) is 0 Å². The third-order valence-electron chi connectivity index (χ3n) is 9.68. The number of carbonyl (C=O) groups is 4. The Morgan fingerprint density at radius 2 is 1.87 bits per heavy atom. The van der Waals surface area contributed by atoms with Crippen LogP contribution in [0.4, 0.5) is 0 Å². The summed E-state index contributed by atoms with van der Waals surface area (Å²) in [6.07, 6.45) is 10.2. The summed E-state index contributed by atoms with van der Waals surface area (Å²) in [6.45, 7) is 1.81. The number of nitrogens with zero attached hydrogens (tertiary/aromatic N) is 5. The fraction of sp³-hybridized carbons (Fsp3) is 0.562. The van der Waals surface area contributed by atoms with Crippen molar-refractivity contribution in [2.75, 3.05) is 13.6 Å². The lowest BCUT2D eigenvalue weighted by atomic mass is 9.86. The maximum Gasteiger partial charge on any atom is 0.246 e. The molecule has 1 aliphatic carbocycles. The van der Waals surface area contributed by atoms with Crippen molar-refractivity contribution in [3.05, 3.63) is 59.7 Å². The van der Waals surface area contributed by atoms with Gasteiger partial charge in [0.25, 0.3) is 0 Å². The summed E-state index contributed by atoms with van der Waals surface area (Å²) in [5, 5.41) is 21.7. The predicted octanol–water partition coefficient (Wildman–Crippen LogP) is -0.0647. The monoisotopic (exact) mass is 649 g/mol. The van der Waals surface area contributed by atoms with Gasteiger partial charge in [0.2, 0.25) is 24.1 Å². The van der Waals surface area contributed by atoms with Gasteiger partial charge in [-0.05, 0) is 58.1 Å². The van der Waals surface area contributed by atoms with Crippen LogP contribution in [-0.4, -0.2) is 92.8 Å². The van der Waals surface area contributed by atoms with Gasteiger partial charge < -0.3 is 36.9 Å². The first-order valence-electron chi connectivity index (χ1n) is 16.4. The van der Waals surface area contributed by atoms with Crippen LogP contribution in [0.5, 0.6) is 0 Å².